The molecule has 0 spiro atoms. The van der Waals surface area contributed by atoms with E-state index in [1.165, 1.54) is 7.11 Å². The number of rotatable bonds is 5. The fraction of sp³-hybridized carbons (Fsp3) is 0.353. The highest BCUT2D eigenvalue weighted by atomic mass is 28.4. The third-order valence-electron chi connectivity index (χ3n) is 3.16. The molecule has 0 fully saturated rings. The molecule has 2 rings (SSSR count). The van der Waals surface area contributed by atoms with E-state index >= 15 is 0 Å². The number of carbonyl (C=O) groups is 1. The van der Waals surface area contributed by atoms with E-state index in [2.05, 4.69) is 26.2 Å². The number of hydrogen-bond acceptors (Lipinski definition) is 4. The summed E-state index contributed by atoms with van der Waals surface area (Å²) in [6.07, 6.45) is 1.80. The van der Waals surface area contributed by atoms with Crippen LogP contribution in [0.5, 0.6) is 5.75 Å². The number of para-hydroxylation sites is 1. The van der Waals surface area contributed by atoms with Crippen LogP contribution in [0.15, 0.2) is 42.5 Å². The van der Waals surface area contributed by atoms with Gasteiger partial charge in [0.15, 0.2) is 0 Å². The van der Waals surface area contributed by atoms with Gasteiger partial charge in [-0.1, -0.05) is 18.2 Å². The number of methoxy groups -OCH3 is 1. The maximum absolute atomic E-state index is 12.3. The van der Waals surface area contributed by atoms with Crippen molar-refractivity contribution in [1.82, 2.24) is 0 Å². The average molecular weight is 318 g/mol. The van der Waals surface area contributed by atoms with Crippen molar-refractivity contribution in [3.63, 3.8) is 0 Å². The van der Waals surface area contributed by atoms with Gasteiger partial charge in [0.2, 0.25) is 8.32 Å². The Balaban J connectivity index is 2.64. The molecule has 0 aromatic heterocycles. The molecule has 1 aromatic carbocycles. The molecule has 22 heavy (non-hydrogen) atoms. The molecule has 5 heteroatoms. The Kier molecular flexibility index (Phi) is 4.76. The maximum atomic E-state index is 12.3. The van der Waals surface area contributed by atoms with E-state index < -0.39 is 20.4 Å². The minimum atomic E-state index is -1.91. The third-order valence-corrected chi connectivity index (χ3v) is 3.98. The minimum absolute atomic E-state index is 0.422. The lowest BCUT2D eigenvalue weighted by Gasteiger charge is -2.32. The zero-order valence-electron chi connectivity index (χ0n) is 13.5. The smallest absolute Gasteiger partial charge is 0.341 e. The molecule has 0 radical (unpaired) electrons. The molecule has 1 aliphatic heterocycles. The lowest BCUT2D eigenvalue weighted by Crippen LogP contribution is -2.33. The molecule has 0 saturated carbocycles. The van der Waals surface area contributed by atoms with Crippen LogP contribution in [0.25, 0.3) is 5.76 Å². The fourth-order valence-corrected chi connectivity index (χ4v) is 3.16. The molecule has 118 valence electrons. The molecule has 1 aliphatic rings. The monoisotopic (exact) mass is 318 g/mol. The first-order valence-electron chi connectivity index (χ1n) is 7.26. The third kappa shape index (κ3) is 3.41. The van der Waals surface area contributed by atoms with Crippen molar-refractivity contribution in [2.24, 2.45) is 0 Å². The van der Waals surface area contributed by atoms with Crippen molar-refractivity contribution >= 4 is 20.0 Å². The first kappa shape index (κ1) is 16.4. The second-order valence-corrected chi connectivity index (χ2v) is 10.5. The SMILES string of the molecule is C=CCC1Oc2ccccc2C(O[Si](C)(C)C)=C1C(=O)OC. The summed E-state index contributed by atoms with van der Waals surface area (Å²) >= 11 is 0. The molecular weight excluding hydrogens is 296 g/mol. The summed E-state index contributed by atoms with van der Waals surface area (Å²) in [5.41, 5.74) is 1.23. The number of benzene rings is 1. The van der Waals surface area contributed by atoms with Gasteiger partial charge in [-0.05, 0) is 31.8 Å². The highest BCUT2D eigenvalue weighted by molar-refractivity contribution is 6.70. The van der Waals surface area contributed by atoms with Gasteiger partial charge in [0.05, 0.1) is 12.7 Å². The van der Waals surface area contributed by atoms with Crippen molar-refractivity contribution in [1.29, 1.82) is 0 Å². The van der Waals surface area contributed by atoms with E-state index in [1.54, 1.807) is 6.08 Å². The fourth-order valence-electron chi connectivity index (χ4n) is 2.33. The molecular formula is C17H22O4Si. The van der Waals surface area contributed by atoms with Crippen LogP contribution in [-0.4, -0.2) is 27.5 Å². The Labute approximate surface area is 132 Å². The summed E-state index contributed by atoms with van der Waals surface area (Å²) in [5.74, 6) is 0.879. The van der Waals surface area contributed by atoms with Crippen LogP contribution in [0.1, 0.15) is 12.0 Å². The Morgan fingerprint density at radius 3 is 2.64 bits per heavy atom. The summed E-state index contributed by atoms with van der Waals surface area (Å²) in [6, 6.07) is 7.59. The molecule has 0 aliphatic carbocycles. The van der Waals surface area contributed by atoms with Crippen LogP contribution in [0, 0.1) is 0 Å². The second kappa shape index (κ2) is 6.40. The number of hydrogen-bond donors (Lipinski definition) is 0. The first-order chi connectivity index (χ1) is 10.4. The zero-order valence-corrected chi connectivity index (χ0v) is 14.5. The quantitative estimate of drug-likeness (QED) is 0.471. The van der Waals surface area contributed by atoms with Gasteiger partial charge in [-0.25, -0.2) is 4.79 Å². The summed E-state index contributed by atoms with van der Waals surface area (Å²) in [6.45, 7) is 9.98. The van der Waals surface area contributed by atoms with Crippen LogP contribution in [-0.2, 0) is 14.0 Å². The lowest BCUT2D eigenvalue weighted by atomic mass is 9.97. The number of ether oxygens (including phenoxy) is 2. The van der Waals surface area contributed by atoms with Gasteiger partial charge in [-0.3, -0.25) is 0 Å². The Morgan fingerprint density at radius 2 is 2.05 bits per heavy atom. The van der Waals surface area contributed by atoms with Gasteiger partial charge in [0.25, 0.3) is 0 Å². The molecule has 0 bridgehead atoms. The van der Waals surface area contributed by atoms with E-state index in [-0.39, 0.29) is 0 Å². The van der Waals surface area contributed by atoms with Crippen LogP contribution in [0.4, 0.5) is 0 Å². The van der Waals surface area contributed by atoms with E-state index in [0.29, 0.717) is 17.8 Å². The van der Waals surface area contributed by atoms with Gasteiger partial charge in [0.1, 0.15) is 23.2 Å². The Hall–Kier alpha value is -2.01. The highest BCUT2D eigenvalue weighted by Crippen LogP contribution is 2.39. The van der Waals surface area contributed by atoms with Crippen molar-refractivity contribution in [3.05, 3.63) is 48.1 Å². The molecule has 0 N–H and O–H groups in total. The second-order valence-electron chi connectivity index (χ2n) is 6.08. The van der Waals surface area contributed by atoms with E-state index in [0.717, 1.165) is 11.3 Å². The summed E-state index contributed by atoms with van der Waals surface area (Å²) < 4.78 is 17.1. The molecule has 1 aromatic rings. The number of esters is 1. The first-order valence-corrected chi connectivity index (χ1v) is 10.7. The van der Waals surface area contributed by atoms with Crippen molar-refractivity contribution < 1.29 is 18.7 Å². The molecule has 1 atom stereocenters. The van der Waals surface area contributed by atoms with Crippen LogP contribution in [0.3, 0.4) is 0 Å². The molecule has 4 nitrogen and oxygen atoms in total. The van der Waals surface area contributed by atoms with Crippen molar-refractivity contribution in [2.75, 3.05) is 7.11 Å². The van der Waals surface area contributed by atoms with Crippen molar-refractivity contribution in [3.8, 4) is 5.75 Å². The van der Waals surface area contributed by atoms with Gasteiger partial charge in [0, 0.05) is 6.42 Å². The van der Waals surface area contributed by atoms with E-state index in [1.807, 2.05) is 24.3 Å². The number of carbonyl (C=O) groups excluding carboxylic acids is 1. The number of fused-ring (bicyclic) bond motifs is 1. The molecule has 0 amide bonds. The predicted octanol–water partition coefficient (Wildman–Crippen LogP) is 3.76. The van der Waals surface area contributed by atoms with Crippen molar-refractivity contribution in [2.45, 2.75) is 32.2 Å². The molecule has 0 saturated heterocycles. The minimum Gasteiger partial charge on any atom is -0.543 e. The Bertz CT molecular complexity index is 613. The topological polar surface area (TPSA) is 44.8 Å². The van der Waals surface area contributed by atoms with Gasteiger partial charge >= 0.3 is 5.97 Å². The van der Waals surface area contributed by atoms with E-state index in [9.17, 15) is 4.79 Å². The normalized spacial score (nSPS) is 17.4. The Morgan fingerprint density at radius 1 is 1.36 bits per heavy atom. The highest BCUT2D eigenvalue weighted by Gasteiger charge is 2.36. The standard InChI is InChI=1S/C17H22O4Si/c1-6-9-14-15(17(18)19-2)16(21-22(3,4)5)12-10-7-8-11-13(12)20-14/h6-8,10-11,14H,1,9H2,2-5H3. The maximum Gasteiger partial charge on any atom is 0.341 e. The summed E-state index contributed by atoms with van der Waals surface area (Å²) in [7, 11) is -0.545. The molecule has 1 heterocycles. The van der Waals surface area contributed by atoms with Gasteiger partial charge in [-0.15, -0.1) is 6.58 Å². The van der Waals surface area contributed by atoms with Gasteiger partial charge < -0.3 is 13.9 Å². The average Bonchev–Trinajstić information content (AvgIpc) is 2.45. The zero-order chi connectivity index (χ0) is 16.3. The van der Waals surface area contributed by atoms with Crippen LogP contribution in [0.2, 0.25) is 19.6 Å². The predicted molar refractivity (Wildman–Crippen MR) is 89.0 cm³/mol. The van der Waals surface area contributed by atoms with E-state index in [4.69, 9.17) is 13.9 Å². The van der Waals surface area contributed by atoms with Crippen LogP contribution >= 0.6 is 0 Å². The summed E-state index contributed by atoms with van der Waals surface area (Å²) in [4.78, 5) is 12.3. The largest absolute Gasteiger partial charge is 0.543 e. The summed E-state index contributed by atoms with van der Waals surface area (Å²) in [5, 5.41) is 0. The van der Waals surface area contributed by atoms with Crippen LogP contribution < -0.4 is 4.74 Å². The van der Waals surface area contributed by atoms with Gasteiger partial charge in [-0.2, -0.15) is 0 Å². The lowest BCUT2D eigenvalue weighted by molar-refractivity contribution is -0.137. The molecule has 1 unspecified atom stereocenters.